The first-order chi connectivity index (χ1) is 7.66. The molecule has 16 heavy (non-hydrogen) atoms. The van der Waals surface area contributed by atoms with Crippen molar-refractivity contribution in [1.29, 1.82) is 0 Å². The van der Waals surface area contributed by atoms with Crippen LogP contribution < -0.4 is 5.73 Å². The molecule has 6 heteroatoms. The fourth-order valence-corrected chi connectivity index (χ4v) is 2.56. The van der Waals surface area contributed by atoms with Crippen LogP contribution in [0.15, 0.2) is 11.1 Å². The standard InChI is InChI=1S/C10H12F2N2OS/c11-7-5-8(12)10(14-9(7)13)16-6-1-3-15-4-2-6/h5-6H,1-4H2,(H2,13,14). The second kappa shape index (κ2) is 4.97. The molecule has 1 aromatic heterocycles. The Bertz CT molecular complexity index is 383. The molecule has 0 aliphatic carbocycles. The number of hydrogen-bond acceptors (Lipinski definition) is 4. The molecule has 1 aromatic rings. The van der Waals surface area contributed by atoms with Crippen molar-refractivity contribution < 1.29 is 13.5 Å². The maximum atomic E-state index is 13.4. The van der Waals surface area contributed by atoms with E-state index in [9.17, 15) is 8.78 Å². The molecule has 1 fully saturated rings. The summed E-state index contributed by atoms with van der Waals surface area (Å²) in [6.45, 7) is 1.35. The number of hydrogen-bond donors (Lipinski definition) is 1. The molecule has 0 amide bonds. The molecular formula is C10H12F2N2OS. The van der Waals surface area contributed by atoms with Crippen LogP contribution in [0.3, 0.4) is 0 Å². The van der Waals surface area contributed by atoms with E-state index in [1.807, 2.05) is 0 Å². The lowest BCUT2D eigenvalue weighted by atomic mass is 10.2. The quantitative estimate of drug-likeness (QED) is 0.869. The van der Waals surface area contributed by atoms with Gasteiger partial charge >= 0.3 is 0 Å². The van der Waals surface area contributed by atoms with Gasteiger partial charge in [0.05, 0.1) is 0 Å². The Labute approximate surface area is 96.4 Å². The van der Waals surface area contributed by atoms with Crippen LogP contribution in [0.1, 0.15) is 12.8 Å². The Kier molecular flexibility index (Phi) is 3.60. The van der Waals surface area contributed by atoms with Gasteiger partial charge in [-0.15, -0.1) is 0 Å². The number of anilines is 1. The van der Waals surface area contributed by atoms with Crippen LogP contribution in [0.25, 0.3) is 0 Å². The van der Waals surface area contributed by atoms with Gasteiger partial charge in [-0.1, -0.05) is 11.8 Å². The fourth-order valence-electron chi connectivity index (χ4n) is 1.50. The van der Waals surface area contributed by atoms with Crippen molar-refractivity contribution >= 4 is 17.6 Å². The van der Waals surface area contributed by atoms with Crippen molar-refractivity contribution in [3.63, 3.8) is 0 Å². The topological polar surface area (TPSA) is 48.1 Å². The number of nitrogen functional groups attached to an aromatic ring is 1. The van der Waals surface area contributed by atoms with Crippen LogP contribution in [-0.4, -0.2) is 23.4 Å². The monoisotopic (exact) mass is 246 g/mol. The number of thioether (sulfide) groups is 1. The number of aromatic nitrogens is 1. The minimum atomic E-state index is -0.811. The molecule has 0 aromatic carbocycles. The SMILES string of the molecule is Nc1nc(SC2CCOCC2)c(F)cc1F. The Morgan fingerprint density at radius 3 is 2.69 bits per heavy atom. The fraction of sp³-hybridized carbons (Fsp3) is 0.500. The molecular weight excluding hydrogens is 234 g/mol. The Balaban J connectivity index is 2.11. The minimum absolute atomic E-state index is 0.172. The predicted molar refractivity (Wildman–Crippen MR) is 58.3 cm³/mol. The van der Waals surface area contributed by atoms with Gasteiger partial charge < -0.3 is 10.5 Å². The van der Waals surface area contributed by atoms with Gasteiger partial charge in [-0.25, -0.2) is 13.8 Å². The van der Waals surface area contributed by atoms with Gasteiger partial charge in [-0.2, -0.15) is 0 Å². The van der Waals surface area contributed by atoms with Crippen molar-refractivity contribution in [2.75, 3.05) is 18.9 Å². The van der Waals surface area contributed by atoms with E-state index in [0.29, 0.717) is 13.2 Å². The van der Waals surface area contributed by atoms with Gasteiger partial charge in [0.1, 0.15) is 5.03 Å². The number of pyridine rings is 1. The number of ether oxygens (including phenoxy) is 1. The van der Waals surface area contributed by atoms with Gasteiger partial charge in [0.15, 0.2) is 17.5 Å². The van der Waals surface area contributed by atoms with Crippen LogP contribution in [-0.2, 0) is 4.74 Å². The maximum absolute atomic E-state index is 13.4. The molecule has 1 saturated heterocycles. The third-order valence-electron chi connectivity index (χ3n) is 2.37. The minimum Gasteiger partial charge on any atom is -0.381 e. The van der Waals surface area contributed by atoms with E-state index in [-0.39, 0.29) is 16.1 Å². The van der Waals surface area contributed by atoms with Crippen LogP contribution in [0.5, 0.6) is 0 Å². The predicted octanol–water partition coefficient (Wildman–Crippen LogP) is 2.21. The first-order valence-electron chi connectivity index (χ1n) is 5.02. The van der Waals surface area contributed by atoms with E-state index in [1.54, 1.807) is 0 Å². The highest BCUT2D eigenvalue weighted by Gasteiger charge is 2.19. The molecule has 2 N–H and O–H groups in total. The zero-order valence-corrected chi connectivity index (χ0v) is 9.40. The molecule has 0 radical (unpaired) electrons. The molecule has 1 aliphatic rings. The molecule has 88 valence electrons. The summed E-state index contributed by atoms with van der Waals surface area (Å²) < 4.78 is 31.5. The van der Waals surface area contributed by atoms with Gasteiger partial charge in [-0.05, 0) is 12.8 Å². The average Bonchev–Trinajstić information content (AvgIpc) is 2.27. The highest BCUT2D eigenvalue weighted by molar-refractivity contribution is 7.99. The smallest absolute Gasteiger partial charge is 0.168 e. The van der Waals surface area contributed by atoms with Crippen LogP contribution >= 0.6 is 11.8 Å². The van der Waals surface area contributed by atoms with Crippen LogP contribution in [0, 0.1) is 11.6 Å². The van der Waals surface area contributed by atoms with Gasteiger partial charge in [0.2, 0.25) is 0 Å². The summed E-state index contributed by atoms with van der Waals surface area (Å²) in [6, 6.07) is 0.782. The molecule has 3 nitrogen and oxygen atoms in total. The summed E-state index contributed by atoms with van der Waals surface area (Å²) in [5, 5.41) is 0.436. The molecule has 2 rings (SSSR count). The number of nitrogens with two attached hydrogens (primary N) is 1. The number of rotatable bonds is 2. The molecule has 0 unspecified atom stereocenters. The van der Waals surface area contributed by atoms with Crippen molar-refractivity contribution in [2.24, 2.45) is 0 Å². The lowest BCUT2D eigenvalue weighted by Crippen LogP contribution is -2.17. The number of halogens is 2. The molecule has 1 aliphatic heterocycles. The Hall–Kier alpha value is -0.880. The van der Waals surface area contributed by atoms with Gasteiger partial charge in [0, 0.05) is 24.5 Å². The van der Waals surface area contributed by atoms with E-state index in [2.05, 4.69) is 4.98 Å². The summed E-state index contributed by atoms with van der Waals surface area (Å²) >= 11 is 1.30. The Morgan fingerprint density at radius 2 is 2.00 bits per heavy atom. The zero-order chi connectivity index (χ0) is 11.5. The van der Waals surface area contributed by atoms with Crippen LogP contribution in [0.2, 0.25) is 0 Å². The highest BCUT2D eigenvalue weighted by atomic mass is 32.2. The highest BCUT2D eigenvalue weighted by Crippen LogP contribution is 2.31. The molecule has 2 heterocycles. The van der Waals surface area contributed by atoms with Crippen molar-refractivity contribution in [3.05, 3.63) is 17.7 Å². The normalized spacial score (nSPS) is 17.6. The van der Waals surface area contributed by atoms with E-state index >= 15 is 0 Å². The van der Waals surface area contributed by atoms with E-state index in [4.69, 9.17) is 10.5 Å². The third-order valence-corrected chi connectivity index (χ3v) is 3.69. The van der Waals surface area contributed by atoms with Crippen molar-refractivity contribution in [2.45, 2.75) is 23.1 Å². The Morgan fingerprint density at radius 1 is 1.31 bits per heavy atom. The molecule has 0 spiro atoms. The van der Waals surface area contributed by atoms with Crippen LogP contribution in [0.4, 0.5) is 14.6 Å². The maximum Gasteiger partial charge on any atom is 0.168 e. The summed E-state index contributed by atoms with van der Waals surface area (Å²) in [6.07, 6.45) is 1.70. The second-order valence-electron chi connectivity index (χ2n) is 3.57. The first kappa shape index (κ1) is 11.6. The second-order valence-corrected chi connectivity index (χ2v) is 4.86. The van der Waals surface area contributed by atoms with Crippen molar-refractivity contribution in [1.82, 2.24) is 4.98 Å². The number of nitrogens with zero attached hydrogens (tertiary/aromatic N) is 1. The van der Waals surface area contributed by atoms with E-state index in [1.165, 1.54) is 11.8 Å². The molecule has 0 bridgehead atoms. The summed E-state index contributed by atoms with van der Waals surface area (Å²) in [5.41, 5.74) is 5.30. The third kappa shape index (κ3) is 2.62. The molecule has 0 saturated carbocycles. The van der Waals surface area contributed by atoms with Crippen molar-refractivity contribution in [3.8, 4) is 0 Å². The lowest BCUT2D eigenvalue weighted by molar-refractivity contribution is 0.1000. The zero-order valence-electron chi connectivity index (χ0n) is 8.58. The average molecular weight is 246 g/mol. The summed E-state index contributed by atoms with van der Waals surface area (Å²) in [4.78, 5) is 3.72. The first-order valence-corrected chi connectivity index (χ1v) is 5.90. The summed E-state index contributed by atoms with van der Waals surface area (Å²) in [5.74, 6) is -1.71. The largest absolute Gasteiger partial charge is 0.381 e. The molecule has 0 atom stereocenters. The van der Waals surface area contributed by atoms with E-state index < -0.39 is 11.6 Å². The van der Waals surface area contributed by atoms with Gasteiger partial charge in [0.25, 0.3) is 0 Å². The lowest BCUT2D eigenvalue weighted by Gasteiger charge is -2.21. The van der Waals surface area contributed by atoms with E-state index in [0.717, 1.165) is 18.9 Å². The van der Waals surface area contributed by atoms with Gasteiger partial charge in [-0.3, -0.25) is 0 Å². The summed E-state index contributed by atoms with van der Waals surface area (Å²) in [7, 11) is 0.